The van der Waals surface area contributed by atoms with Crippen LogP contribution in [0.5, 0.6) is 5.75 Å². The zero-order valence-corrected chi connectivity index (χ0v) is 12.0. The molecule has 1 aliphatic rings. The fourth-order valence-corrected chi connectivity index (χ4v) is 2.55. The van der Waals surface area contributed by atoms with Gasteiger partial charge >= 0.3 is 0 Å². The zero-order chi connectivity index (χ0) is 15.4. The van der Waals surface area contributed by atoms with E-state index in [1.165, 1.54) is 0 Å². The molecule has 0 spiro atoms. The van der Waals surface area contributed by atoms with Crippen molar-refractivity contribution >= 4 is 11.8 Å². The molecule has 1 aromatic rings. The van der Waals surface area contributed by atoms with Gasteiger partial charge in [0.25, 0.3) is 11.8 Å². The Labute approximate surface area is 123 Å². The Bertz CT molecular complexity index is 515. The average Bonchev–Trinajstić information content (AvgIpc) is 2.85. The first-order valence-corrected chi connectivity index (χ1v) is 6.96. The van der Waals surface area contributed by atoms with Crippen LogP contribution in [-0.2, 0) is 4.79 Å². The van der Waals surface area contributed by atoms with E-state index in [0.29, 0.717) is 23.8 Å². The van der Waals surface area contributed by atoms with Gasteiger partial charge in [0.15, 0.2) is 6.61 Å². The lowest BCUT2D eigenvalue weighted by atomic mass is 10.0. The number of carbonyl (C=O) groups is 2. The van der Waals surface area contributed by atoms with Gasteiger partial charge in [0, 0.05) is 12.1 Å². The molecule has 114 valence electrons. The molecule has 0 aliphatic carbocycles. The first-order valence-electron chi connectivity index (χ1n) is 6.96. The van der Waals surface area contributed by atoms with Gasteiger partial charge in [0.05, 0.1) is 12.6 Å². The van der Waals surface area contributed by atoms with Crippen molar-refractivity contribution in [3.8, 4) is 5.75 Å². The lowest BCUT2D eigenvalue weighted by Crippen LogP contribution is -2.39. The second-order valence-electron chi connectivity index (χ2n) is 5.29. The van der Waals surface area contributed by atoms with Crippen molar-refractivity contribution in [2.24, 2.45) is 11.7 Å². The number of rotatable bonds is 5. The van der Waals surface area contributed by atoms with Gasteiger partial charge in [0.1, 0.15) is 5.75 Å². The summed E-state index contributed by atoms with van der Waals surface area (Å²) < 4.78 is 5.15. The van der Waals surface area contributed by atoms with Crippen molar-refractivity contribution in [2.75, 3.05) is 19.8 Å². The van der Waals surface area contributed by atoms with Crippen LogP contribution in [0.3, 0.4) is 0 Å². The molecule has 0 saturated carbocycles. The topological polar surface area (TPSA) is 92.9 Å². The standard InChI is InChI=1S/C15H20N2O4/c1-10-6-7-17(13(10)8-18)15(20)11-2-4-12(5-3-11)21-9-14(16)19/h2-5,10,13,18H,6-9H2,1H3,(H2,16,19). The van der Waals surface area contributed by atoms with E-state index in [1.54, 1.807) is 29.2 Å². The maximum absolute atomic E-state index is 12.4. The highest BCUT2D eigenvalue weighted by Crippen LogP contribution is 2.25. The smallest absolute Gasteiger partial charge is 0.255 e. The molecule has 1 aromatic carbocycles. The van der Waals surface area contributed by atoms with E-state index < -0.39 is 5.91 Å². The first-order chi connectivity index (χ1) is 10.0. The molecule has 1 aliphatic heterocycles. The third-order valence-corrected chi connectivity index (χ3v) is 3.81. The van der Waals surface area contributed by atoms with Gasteiger partial charge in [0.2, 0.25) is 0 Å². The van der Waals surface area contributed by atoms with Crippen LogP contribution in [0.2, 0.25) is 0 Å². The van der Waals surface area contributed by atoms with Crippen molar-refractivity contribution in [2.45, 2.75) is 19.4 Å². The minimum absolute atomic E-state index is 0.0211. The summed E-state index contributed by atoms with van der Waals surface area (Å²) in [5, 5.41) is 9.41. The van der Waals surface area contributed by atoms with Gasteiger partial charge in [-0.3, -0.25) is 9.59 Å². The number of hydrogen-bond donors (Lipinski definition) is 2. The number of nitrogens with zero attached hydrogens (tertiary/aromatic N) is 1. The Morgan fingerprint density at radius 3 is 2.62 bits per heavy atom. The molecular formula is C15H20N2O4. The molecule has 0 bridgehead atoms. The first kappa shape index (κ1) is 15.3. The zero-order valence-electron chi connectivity index (χ0n) is 12.0. The molecule has 1 fully saturated rings. The SMILES string of the molecule is CC1CCN(C(=O)c2ccc(OCC(N)=O)cc2)C1CO. The number of primary amides is 1. The molecule has 6 heteroatoms. The molecule has 2 atom stereocenters. The quantitative estimate of drug-likeness (QED) is 0.821. The summed E-state index contributed by atoms with van der Waals surface area (Å²) in [6, 6.07) is 6.43. The monoisotopic (exact) mass is 292 g/mol. The summed E-state index contributed by atoms with van der Waals surface area (Å²) >= 11 is 0. The molecule has 21 heavy (non-hydrogen) atoms. The summed E-state index contributed by atoms with van der Waals surface area (Å²) in [7, 11) is 0. The van der Waals surface area contributed by atoms with E-state index in [0.717, 1.165) is 6.42 Å². The Kier molecular flexibility index (Phi) is 4.80. The van der Waals surface area contributed by atoms with Gasteiger partial charge < -0.3 is 20.5 Å². The molecule has 2 amide bonds. The molecule has 0 radical (unpaired) electrons. The molecule has 2 rings (SSSR count). The van der Waals surface area contributed by atoms with Crippen LogP contribution in [0.25, 0.3) is 0 Å². The van der Waals surface area contributed by atoms with E-state index in [9.17, 15) is 14.7 Å². The minimum atomic E-state index is -0.549. The summed E-state index contributed by atoms with van der Waals surface area (Å²) in [6.07, 6.45) is 0.900. The second-order valence-corrected chi connectivity index (χ2v) is 5.29. The number of aliphatic hydroxyl groups excluding tert-OH is 1. The third-order valence-electron chi connectivity index (χ3n) is 3.81. The number of aliphatic hydroxyl groups is 1. The van der Waals surface area contributed by atoms with Gasteiger partial charge in [-0.2, -0.15) is 0 Å². The van der Waals surface area contributed by atoms with Crippen molar-refractivity contribution in [3.05, 3.63) is 29.8 Å². The summed E-state index contributed by atoms with van der Waals surface area (Å²) in [5.41, 5.74) is 5.53. The lowest BCUT2D eigenvalue weighted by molar-refractivity contribution is -0.119. The molecule has 3 N–H and O–H groups in total. The maximum Gasteiger partial charge on any atom is 0.255 e. The van der Waals surface area contributed by atoms with Gasteiger partial charge in [-0.25, -0.2) is 0 Å². The molecule has 6 nitrogen and oxygen atoms in total. The summed E-state index contributed by atoms with van der Waals surface area (Å²) in [4.78, 5) is 24.8. The van der Waals surface area contributed by atoms with Crippen LogP contribution in [0, 0.1) is 5.92 Å². The van der Waals surface area contributed by atoms with Gasteiger partial charge in [-0.1, -0.05) is 6.92 Å². The third kappa shape index (κ3) is 3.52. The summed E-state index contributed by atoms with van der Waals surface area (Å²) in [6.45, 7) is 2.48. The van der Waals surface area contributed by atoms with Crippen LogP contribution in [0.1, 0.15) is 23.7 Å². The second kappa shape index (κ2) is 6.58. The lowest BCUT2D eigenvalue weighted by Gasteiger charge is -2.25. The van der Waals surface area contributed by atoms with E-state index in [4.69, 9.17) is 10.5 Å². The van der Waals surface area contributed by atoms with E-state index in [-0.39, 0.29) is 25.2 Å². The molecule has 1 saturated heterocycles. The molecule has 2 unspecified atom stereocenters. The number of carbonyl (C=O) groups excluding carboxylic acids is 2. The Balaban J connectivity index is 2.04. The van der Waals surface area contributed by atoms with E-state index in [1.807, 2.05) is 6.92 Å². The number of likely N-dealkylation sites (tertiary alicyclic amines) is 1. The fraction of sp³-hybridized carbons (Fsp3) is 0.467. The average molecular weight is 292 g/mol. The summed E-state index contributed by atoms with van der Waals surface area (Å²) in [5.74, 6) is 0.141. The van der Waals surface area contributed by atoms with Crippen LogP contribution in [0.15, 0.2) is 24.3 Å². The van der Waals surface area contributed by atoms with Crippen molar-refractivity contribution in [1.29, 1.82) is 0 Å². The fourth-order valence-electron chi connectivity index (χ4n) is 2.55. The Morgan fingerprint density at radius 1 is 1.38 bits per heavy atom. The van der Waals surface area contributed by atoms with E-state index in [2.05, 4.69) is 0 Å². The Hall–Kier alpha value is -2.08. The number of benzene rings is 1. The number of amides is 2. The molecule has 1 heterocycles. The maximum atomic E-state index is 12.4. The van der Waals surface area contributed by atoms with Crippen LogP contribution < -0.4 is 10.5 Å². The van der Waals surface area contributed by atoms with Gasteiger partial charge in [-0.05, 0) is 36.6 Å². The highest BCUT2D eigenvalue weighted by atomic mass is 16.5. The molecular weight excluding hydrogens is 272 g/mol. The van der Waals surface area contributed by atoms with Gasteiger partial charge in [-0.15, -0.1) is 0 Å². The van der Waals surface area contributed by atoms with Crippen LogP contribution in [0.4, 0.5) is 0 Å². The Morgan fingerprint density at radius 2 is 2.05 bits per heavy atom. The predicted molar refractivity (Wildman–Crippen MR) is 76.8 cm³/mol. The van der Waals surface area contributed by atoms with Crippen molar-refractivity contribution in [1.82, 2.24) is 4.90 Å². The molecule has 0 aromatic heterocycles. The highest BCUT2D eigenvalue weighted by molar-refractivity contribution is 5.94. The van der Waals surface area contributed by atoms with Crippen LogP contribution >= 0.6 is 0 Å². The van der Waals surface area contributed by atoms with Crippen LogP contribution in [-0.4, -0.2) is 47.6 Å². The van der Waals surface area contributed by atoms with Crippen molar-refractivity contribution < 1.29 is 19.4 Å². The minimum Gasteiger partial charge on any atom is -0.484 e. The number of ether oxygens (including phenoxy) is 1. The van der Waals surface area contributed by atoms with Crippen molar-refractivity contribution in [3.63, 3.8) is 0 Å². The van der Waals surface area contributed by atoms with E-state index >= 15 is 0 Å². The highest BCUT2D eigenvalue weighted by Gasteiger charge is 2.34. The largest absolute Gasteiger partial charge is 0.484 e. The predicted octanol–water partition coefficient (Wildman–Crippen LogP) is 0.394. The number of hydrogen-bond acceptors (Lipinski definition) is 4. The number of nitrogens with two attached hydrogens (primary N) is 1. The normalized spacial score (nSPS) is 21.3.